The van der Waals surface area contributed by atoms with Crippen molar-refractivity contribution in [2.24, 2.45) is 10.9 Å². The monoisotopic (exact) mass is 394 g/mol. The van der Waals surface area contributed by atoms with Gasteiger partial charge in [-0.2, -0.15) is 4.99 Å². The van der Waals surface area contributed by atoms with Crippen LogP contribution in [-0.4, -0.2) is 54.0 Å². The quantitative estimate of drug-likeness (QED) is 0.766. The van der Waals surface area contributed by atoms with E-state index in [2.05, 4.69) is 4.99 Å². The largest absolute Gasteiger partial charge is 0.454 e. The third-order valence-electron chi connectivity index (χ3n) is 5.10. The minimum atomic E-state index is -3.04. The molecule has 26 heavy (non-hydrogen) atoms. The first-order valence-electron chi connectivity index (χ1n) is 8.63. The van der Waals surface area contributed by atoms with Crippen molar-refractivity contribution in [3.05, 3.63) is 23.8 Å². The highest BCUT2D eigenvalue weighted by Gasteiger charge is 2.49. The second kappa shape index (κ2) is 5.88. The molecule has 138 valence electrons. The number of amidine groups is 1. The Kier molecular flexibility index (Phi) is 3.72. The third-order valence-corrected chi connectivity index (χ3v) is 8.34. The molecule has 5 rings (SSSR count). The van der Waals surface area contributed by atoms with Crippen LogP contribution in [0.4, 0.5) is 0 Å². The van der Waals surface area contributed by atoms with E-state index in [9.17, 15) is 13.2 Å². The van der Waals surface area contributed by atoms with Gasteiger partial charge >= 0.3 is 0 Å². The van der Waals surface area contributed by atoms with Crippen LogP contribution in [0.1, 0.15) is 18.4 Å². The lowest BCUT2D eigenvalue weighted by Gasteiger charge is -2.24. The average Bonchev–Trinajstić information content (AvgIpc) is 3.18. The number of thioether (sulfide) groups is 1. The lowest BCUT2D eigenvalue weighted by Crippen LogP contribution is -2.37. The summed E-state index contributed by atoms with van der Waals surface area (Å²) in [7, 11) is -3.04. The molecule has 7 nitrogen and oxygen atoms in total. The van der Waals surface area contributed by atoms with Gasteiger partial charge in [-0.05, 0) is 30.5 Å². The topological polar surface area (TPSA) is 85.3 Å². The van der Waals surface area contributed by atoms with Gasteiger partial charge in [0, 0.05) is 17.7 Å². The van der Waals surface area contributed by atoms with Crippen molar-refractivity contribution in [1.82, 2.24) is 4.90 Å². The molecular formula is C17H18N2O5S2. The number of ether oxygens (including phenoxy) is 2. The Morgan fingerprint density at radius 1 is 1.23 bits per heavy atom. The van der Waals surface area contributed by atoms with Crippen molar-refractivity contribution < 1.29 is 22.7 Å². The predicted molar refractivity (Wildman–Crippen MR) is 97.1 cm³/mol. The van der Waals surface area contributed by atoms with Gasteiger partial charge in [0.25, 0.3) is 5.91 Å². The zero-order valence-corrected chi connectivity index (χ0v) is 15.6. The molecule has 0 spiro atoms. The highest BCUT2D eigenvalue weighted by molar-refractivity contribution is 8.15. The van der Waals surface area contributed by atoms with E-state index in [1.165, 1.54) is 11.8 Å². The molecule has 0 radical (unpaired) electrons. The molecule has 2 saturated heterocycles. The number of nitrogens with zero attached hydrogens (tertiary/aromatic N) is 2. The van der Waals surface area contributed by atoms with Gasteiger partial charge in [0.15, 0.2) is 26.5 Å². The van der Waals surface area contributed by atoms with Gasteiger partial charge in [-0.3, -0.25) is 4.79 Å². The van der Waals surface area contributed by atoms with E-state index in [1.54, 1.807) is 0 Å². The summed E-state index contributed by atoms with van der Waals surface area (Å²) in [6.45, 7) is 0.709. The van der Waals surface area contributed by atoms with Gasteiger partial charge in [-0.25, -0.2) is 8.42 Å². The number of sulfone groups is 1. The van der Waals surface area contributed by atoms with Crippen molar-refractivity contribution in [1.29, 1.82) is 0 Å². The third kappa shape index (κ3) is 2.96. The fourth-order valence-electron chi connectivity index (χ4n) is 3.57. The number of carbonyl (C=O) groups is 1. The van der Waals surface area contributed by atoms with Crippen LogP contribution in [-0.2, 0) is 21.2 Å². The lowest BCUT2D eigenvalue weighted by molar-refractivity contribution is -0.118. The van der Waals surface area contributed by atoms with Gasteiger partial charge in [0.2, 0.25) is 6.79 Å². The minimum absolute atomic E-state index is 0.0552. The molecule has 2 atom stereocenters. The molecule has 0 bridgehead atoms. The number of hydrogen-bond donors (Lipinski definition) is 0. The van der Waals surface area contributed by atoms with Crippen LogP contribution < -0.4 is 9.47 Å². The van der Waals surface area contributed by atoms with E-state index in [-0.39, 0.29) is 41.4 Å². The Hall–Kier alpha value is -1.74. The molecule has 1 aliphatic carbocycles. The summed E-state index contributed by atoms with van der Waals surface area (Å²) in [5.41, 5.74) is 0.978. The molecule has 0 N–H and O–H groups in total. The maximum atomic E-state index is 12.2. The summed E-state index contributed by atoms with van der Waals surface area (Å²) in [5.74, 6) is 1.65. The molecule has 0 unspecified atom stereocenters. The van der Waals surface area contributed by atoms with Gasteiger partial charge in [-0.15, -0.1) is 0 Å². The molecule has 4 aliphatic rings. The summed E-state index contributed by atoms with van der Waals surface area (Å²) >= 11 is 1.43. The number of fused-ring (bicyclic) bond motifs is 2. The Balaban J connectivity index is 1.44. The van der Waals surface area contributed by atoms with Crippen LogP contribution in [0.2, 0.25) is 0 Å². The van der Waals surface area contributed by atoms with Gasteiger partial charge in [-0.1, -0.05) is 17.8 Å². The van der Waals surface area contributed by atoms with Crippen LogP contribution in [0.3, 0.4) is 0 Å². The van der Waals surface area contributed by atoms with E-state index in [0.717, 1.165) is 18.4 Å². The van der Waals surface area contributed by atoms with Crippen molar-refractivity contribution in [3.8, 4) is 11.5 Å². The Bertz CT molecular complexity index is 910. The van der Waals surface area contributed by atoms with Crippen LogP contribution in [0, 0.1) is 5.92 Å². The second-order valence-electron chi connectivity index (χ2n) is 7.12. The average molecular weight is 394 g/mol. The van der Waals surface area contributed by atoms with E-state index >= 15 is 0 Å². The summed E-state index contributed by atoms with van der Waals surface area (Å²) in [6.07, 6.45) is 1.81. The van der Waals surface area contributed by atoms with Crippen molar-refractivity contribution in [2.75, 3.05) is 18.3 Å². The van der Waals surface area contributed by atoms with Crippen LogP contribution in [0.15, 0.2) is 23.2 Å². The van der Waals surface area contributed by atoms with Crippen molar-refractivity contribution >= 4 is 32.7 Å². The molecule has 0 aromatic heterocycles. The molecule has 1 amide bonds. The second-order valence-corrected chi connectivity index (χ2v) is 10.5. The first-order valence-corrected chi connectivity index (χ1v) is 11.3. The zero-order chi connectivity index (χ0) is 17.9. The maximum Gasteiger partial charge on any atom is 0.251 e. The summed E-state index contributed by atoms with van der Waals surface area (Å²) < 4.78 is 34.9. The number of aliphatic imine (C=N–C) groups is 1. The number of benzene rings is 1. The smallest absolute Gasteiger partial charge is 0.251 e. The molecule has 9 heteroatoms. The number of hydrogen-bond acceptors (Lipinski definition) is 6. The van der Waals surface area contributed by atoms with Crippen LogP contribution >= 0.6 is 11.8 Å². The highest BCUT2D eigenvalue weighted by Crippen LogP contribution is 2.41. The Morgan fingerprint density at radius 2 is 2.04 bits per heavy atom. The van der Waals surface area contributed by atoms with E-state index in [0.29, 0.717) is 23.2 Å². The number of amides is 1. The Morgan fingerprint density at radius 3 is 2.85 bits per heavy atom. The first kappa shape index (κ1) is 16.4. The van der Waals surface area contributed by atoms with Gasteiger partial charge < -0.3 is 14.4 Å². The van der Waals surface area contributed by atoms with E-state index in [4.69, 9.17) is 9.47 Å². The SMILES string of the molecule is O=C(N=C1S[C@H]2CS(=O)(=O)C[C@H]2N1Cc1ccc2c(c1)OCO2)C1CC1. The number of carbonyl (C=O) groups excluding carboxylic acids is 1. The van der Waals surface area contributed by atoms with Crippen LogP contribution in [0.5, 0.6) is 11.5 Å². The molecule has 3 heterocycles. The fraction of sp³-hybridized carbons (Fsp3) is 0.529. The molecule has 1 aromatic carbocycles. The van der Waals surface area contributed by atoms with E-state index in [1.807, 2.05) is 23.1 Å². The lowest BCUT2D eigenvalue weighted by atomic mass is 10.1. The predicted octanol–water partition coefficient (Wildman–Crippen LogP) is 1.42. The summed E-state index contributed by atoms with van der Waals surface area (Å²) in [4.78, 5) is 18.5. The van der Waals surface area contributed by atoms with Crippen LogP contribution in [0.25, 0.3) is 0 Å². The first-order chi connectivity index (χ1) is 12.5. The molecule has 3 fully saturated rings. The molecule has 1 saturated carbocycles. The fourth-order valence-corrected chi connectivity index (χ4v) is 7.53. The van der Waals surface area contributed by atoms with E-state index < -0.39 is 9.84 Å². The minimum Gasteiger partial charge on any atom is -0.454 e. The number of rotatable bonds is 3. The zero-order valence-electron chi connectivity index (χ0n) is 14.0. The van der Waals surface area contributed by atoms with Gasteiger partial charge in [0.1, 0.15) is 0 Å². The summed E-state index contributed by atoms with van der Waals surface area (Å²) in [6, 6.07) is 5.57. The van der Waals surface area contributed by atoms with Crippen molar-refractivity contribution in [3.63, 3.8) is 0 Å². The molecular weight excluding hydrogens is 376 g/mol. The molecule has 3 aliphatic heterocycles. The normalized spacial score (nSPS) is 30.0. The maximum absolute atomic E-state index is 12.2. The Labute approximate surface area is 155 Å². The highest BCUT2D eigenvalue weighted by atomic mass is 32.2. The van der Waals surface area contributed by atoms with Gasteiger partial charge in [0.05, 0.1) is 17.5 Å². The summed E-state index contributed by atoms with van der Waals surface area (Å²) in [5, 5.41) is 0.601. The van der Waals surface area contributed by atoms with Crippen molar-refractivity contribution in [2.45, 2.75) is 30.7 Å². The standard InChI is InChI=1S/C17H18N2O5S2/c20-16(11-2-3-11)18-17-19(12-7-26(21,22)8-15(12)25-17)6-10-1-4-13-14(5-10)24-9-23-13/h1,4-5,11-12,15H,2-3,6-9H2/t12-,15+/m1/s1. The molecule has 1 aromatic rings.